The third kappa shape index (κ3) is 2.67. The first-order chi connectivity index (χ1) is 7.45. The first-order valence-corrected chi connectivity index (χ1v) is 5.00. The lowest BCUT2D eigenvalue weighted by Crippen LogP contribution is -2.16. The lowest BCUT2D eigenvalue weighted by atomic mass is 10.3. The molecule has 0 atom stereocenters. The highest BCUT2D eigenvalue weighted by Gasteiger charge is 2.09. The minimum Gasteiger partial charge on any atom is -0.353 e. The Bertz CT molecular complexity index is 473. The molecular formula is C10H12ClN5. The molecule has 1 rings (SSSR count). The SMILES string of the molecule is Cc1nc(C#N)c(N=C(Cl)N(C)C)nc1C. The Morgan fingerprint density at radius 1 is 1.31 bits per heavy atom. The minimum atomic E-state index is 0.183. The molecule has 1 aromatic rings. The number of aliphatic imine (C=N–C) groups is 1. The third-order valence-corrected chi connectivity index (χ3v) is 2.38. The smallest absolute Gasteiger partial charge is 0.200 e. The molecule has 0 aromatic carbocycles. The van der Waals surface area contributed by atoms with Gasteiger partial charge in [0.25, 0.3) is 0 Å². The van der Waals surface area contributed by atoms with Gasteiger partial charge >= 0.3 is 0 Å². The van der Waals surface area contributed by atoms with Crippen molar-refractivity contribution in [1.82, 2.24) is 14.9 Å². The molecule has 0 amide bonds. The van der Waals surface area contributed by atoms with Gasteiger partial charge in [0, 0.05) is 14.1 Å². The molecule has 0 aliphatic carbocycles. The van der Waals surface area contributed by atoms with E-state index in [2.05, 4.69) is 15.0 Å². The van der Waals surface area contributed by atoms with Gasteiger partial charge in [-0.05, 0) is 25.4 Å². The molecule has 0 radical (unpaired) electrons. The zero-order valence-corrected chi connectivity index (χ0v) is 10.4. The minimum absolute atomic E-state index is 0.183. The van der Waals surface area contributed by atoms with Crippen LogP contribution >= 0.6 is 11.6 Å². The number of nitrogens with zero attached hydrogens (tertiary/aromatic N) is 5. The fourth-order valence-corrected chi connectivity index (χ4v) is 1.01. The summed E-state index contributed by atoms with van der Waals surface area (Å²) in [5.41, 5.74) is 1.64. The van der Waals surface area contributed by atoms with Gasteiger partial charge in [0.1, 0.15) is 6.07 Å². The summed E-state index contributed by atoms with van der Waals surface area (Å²) in [6.07, 6.45) is 0. The molecule has 0 bridgehead atoms. The van der Waals surface area contributed by atoms with Gasteiger partial charge in [-0.25, -0.2) is 9.97 Å². The van der Waals surface area contributed by atoms with Crippen molar-refractivity contribution < 1.29 is 0 Å². The number of rotatable bonds is 1. The molecule has 84 valence electrons. The standard InChI is InChI=1S/C10H12ClN5/c1-6-7(2)14-9(8(5-12)13-6)15-10(11)16(3)4/h1-4H3. The number of hydrogen-bond acceptors (Lipinski definition) is 4. The van der Waals surface area contributed by atoms with Crippen LogP contribution in [0, 0.1) is 25.2 Å². The zero-order valence-electron chi connectivity index (χ0n) is 9.61. The van der Waals surface area contributed by atoms with Crippen LogP contribution in [0.15, 0.2) is 4.99 Å². The van der Waals surface area contributed by atoms with Crippen LogP contribution in [0.2, 0.25) is 0 Å². The Hall–Kier alpha value is -1.67. The van der Waals surface area contributed by atoms with Crippen molar-refractivity contribution in [3.8, 4) is 6.07 Å². The van der Waals surface area contributed by atoms with Crippen LogP contribution in [-0.2, 0) is 0 Å². The van der Waals surface area contributed by atoms with Gasteiger partial charge in [-0.15, -0.1) is 0 Å². The highest BCUT2D eigenvalue weighted by molar-refractivity contribution is 6.64. The van der Waals surface area contributed by atoms with E-state index in [9.17, 15) is 0 Å². The second-order valence-electron chi connectivity index (χ2n) is 3.45. The highest BCUT2D eigenvalue weighted by atomic mass is 35.5. The topological polar surface area (TPSA) is 65.2 Å². The van der Waals surface area contributed by atoms with Gasteiger partial charge in [-0.1, -0.05) is 0 Å². The molecule has 16 heavy (non-hydrogen) atoms. The fourth-order valence-electron chi connectivity index (χ4n) is 0.932. The molecule has 0 saturated heterocycles. The normalized spacial score (nSPS) is 11.1. The van der Waals surface area contributed by atoms with Crippen molar-refractivity contribution in [3.63, 3.8) is 0 Å². The Morgan fingerprint density at radius 3 is 2.38 bits per heavy atom. The van der Waals surface area contributed by atoms with Gasteiger partial charge in [0.2, 0.25) is 0 Å². The quantitative estimate of drug-likeness (QED) is 0.424. The van der Waals surface area contributed by atoms with Gasteiger partial charge < -0.3 is 4.90 Å². The molecule has 0 spiro atoms. The average molecular weight is 238 g/mol. The van der Waals surface area contributed by atoms with Gasteiger partial charge in [0.15, 0.2) is 16.8 Å². The molecule has 0 aliphatic heterocycles. The predicted octanol–water partition coefficient (Wildman–Crippen LogP) is 1.75. The van der Waals surface area contributed by atoms with Crippen molar-refractivity contribution in [2.45, 2.75) is 13.8 Å². The molecule has 0 unspecified atom stereocenters. The van der Waals surface area contributed by atoms with Crippen LogP contribution in [0.4, 0.5) is 5.82 Å². The van der Waals surface area contributed by atoms with Crippen molar-refractivity contribution in [3.05, 3.63) is 17.1 Å². The summed E-state index contributed by atoms with van der Waals surface area (Å²) >= 11 is 5.87. The summed E-state index contributed by atoms with van der Waals surface area (Å²) in [5, 5.41) is 9.17. The summed E-state index contributed by atoms with van der Waals surface area (Å²) < 4.78 is 0. The summed E-state index contributed by atoms with van der Waals surface area (Å²) in [6, 6.07) is 1.95. The molecule has 5 nitrogen and oxygen atoms in total. The third-order valence-electron chi connectivity index (χ3n) is 1.96. The van der Waals surface area contributed by atoms with Gasteiger partial charge in [0.05, 0.1) is 11.4 Å². The largest absolute Gasteiger partial charge is 0.353 e. The second kappa shape index (κ2) is 4.90. The first kappa shape index (κ1) is 12.4. The monoisotopic (exact) mass is 237 g/mol. The van der Waals surface area contributed by atoms with E-state index in [1.165, 1.54) is 0 Å². The molecule has 0 fully saturated rings. The first-order valence-electron chi connectivity index (χ1n) is 4.62. The lowest BCUT2D eigenvalue weighted by Gasteiger charge is -2.09. The number of halogens is 1. The van der Waals surface area contributed by atoms with Crippen molar-refractivity contribution in [2.75, 3.05) is 14.1 Å². The van der Waals surface area contributed by atoms with Crippen molar-refractivity contribution >= 4 is 22.7 Å². The molecule has 1 aromatic heterocycles. The van der Waals surface area contributed by atoms with E-state index in [1.54, 1.807) is 25.9 Å². The van der Waals surface area contributed by atoms with E-state index >= 15 is 0 Å². The van der Waals surface area contributed by atoms with Crippen LogP contribution in [0.5, 0.6) is 0 Å². The van der Waals surface area contributed by atoms with Gasteiger partial charge in [-0.3, -0.25) is 0 Å². The Labute approximate surface area is 99.4 Å². The molecule has 1 heterocycles. The maximum absolute atomic E-state index is 8.91. The molecule has 0 N–H and O–H groups in total. The highest BCUT2D eigenvalue weighted by Crippen LogP contribution is 2.16. The van der Waals surface area contributed by atoms with Crippen LogP contribution in [0.1, 0.15) is 17.1 Å². The maximum Gasteiger partial charge on any atom is 0.200 e. The number of aryl methyl sites for hydroxylation is 2. The summed E-state index contributed by atoms with van der Waals surface area (Å²) in [4.78, 5) is 13.9. The Balaban J connectivity index is 3.29. The lowest BCUT2D eigenvalue weighted by molar-refractivity contribution is 0.634. The van der Waals surface area contributed by atoms with Gasteiger partial charge in [-0.2, -0.15) is 10.3 Å². The number of nitriles is 1. The van der Waals surface area contributed by atoms with Crippen LogP contribution in [0.25, 0.3) is 0 Å². The van der Waals surface area contributed by atoms with E-state index in [-0.39, 0.29) is 16.8 Å². The summed E-state index contributed by atoms with van der Waals surface area (Å²) in [5.74, 6) is 0.254. The zero-order chi connectivity index (χ0) is 12.3. The summed E-state index contributed by atoms with van der Waals surface area (Å²) in [6.45, 7) is 3.61. The molecule has 6 heteroatoms. The Kier molecular flexibility index (Phi) is 3.80. The van der Waals surface area contributed by atoms with E-state index < -0.39 is 0 Å². The van der Waals surface area contributed by atoms with E-state index in [0.29, 0.717) is 0 Å². The molecule has 0 saturated carbocycles. The van der Waals surface area contributed by atoms with Crippen molar-refractivity contribution in [2.24, 2.45) is 4.99 Å². The van der Waals surface area contributed by atoms with E-state index in [0.717, 1.165) is 11.4 Å². The van der Waals surface area contributed by atoms with Crippen LogP contribution < -0.4 is 0 Å². The molecular weight excluding hydrogens is 226 g/mol. The van der Waals surface area contributed by atoms with Crippen molar-refractivity contribution in [1.29, 1.82) is 5.26 Å². The van der Waals surface area contributed by atoms with Crippen LogP contribution in [0.3, 0.4) is 0 Å². The van der Waals surface area contributed by atoms with E-state index in [4.69, 9.17) is 16.9 Å². The predicted molar refractivity (Wildman–Crippen MR) is 62.9 cm³/mol. The number of hydrogen-bond donors (Lipinski definition) is 0. The maximum atomic E-state index is 8.91. The van der Waals surface area contributed by atoms with Crippen LogP contribution in [-0.4, -0.2) is 34.3 Å². The number of aromatic nitrogens is 2. The fraction of sp³-hybridized carbons (Fsp3) is 0.400. The Morgan fingerprint density at radius 2 is 1.88 bits per heavy atom. The second-order valence-corrected chi connectivity index (χ2v) is 3.79. The summed E-state index contributed by atoms with van der Waals surface area (Å²) in [7, 11) is 3.51. The number of amidine groups is 1. The average Bonchev–Trinajstić information content (AvgIpc) is 2.22. The van der Waals surface area contributed by atoms with E-state index in [1.807, 2.05) is 13.0 Å². The molecule has 0 aliphatic rings.